The summed E-state index contributed by atoms with van der Waals surface area (Å²) in [7, 11) is 0. The predicted molar refractivity (Wildman–Crippen MR) is 67.6 cm³/mol. The van der Waals surface area contributed by atoms with Gasteiger partial charge >= 0.3 is 0 Å². The van der Waals surface area contributed by atoms with Gasteiger partial charge in [-0.2, -0.15) is 0 Å². The first-order chi connectivity index (χ1) is 8.08. The van der Waals surface area contributed by atoms with Crippen molar-refractivity contribution in [3.63, 3.8) is 0 Å². The number of rotatable bonds is 4. The highest BCUT2D eigenvalue weighted by Gasteiger charge is 2.08. The summed E-state index contributed by atoms with van der Waals surface area (Å²) in [6, 6.07) is 5.40. The number of hydrogen-bond donors (Lipinski definition) is 2. The first kappa shape index (κ1) is 11.7. The maximum atomic E-state index is 10.7. The van der Waals surface area contributed by atoms with E-state index in [0.717, 1.165) is 11.0 Å². The Kier molecular flexibility index (Phi) is 3.19. The Morgan fingerprint density at radius 3 is 2.94 bits per heavy atom. The number of anilines is 1. The lowest BCUT2D eigenvalue weighted by Crippen LogP contribution is -2.12. The van der Waals surface area contributed by atoms with E-state index in [2.05, 4.69) is 4.98 Å². The highest BCUT2D eigenvalue weighted by molar-refractivity contribution is 6.31. The third kappa shape index (κ3) is 2.50. The summed E-state index contributed by atoms with van der Waals surface area (Å²) in [6.45, 7) is 0.603. The molecular weight excluding hydrogens is 240 g/mol. The van der Waals surface area contributed by atoms with Crippen LogP contribution in [0.4, 0.5) is 5.95 Å². The number of hydrogen-bond acceptors (Lipinski definition) is 3. The van der Waals surface area contributed by atoms with Crippen LogP contribution in [0.2, 0.25) is 5.02 Å². The molecule has 0 fully saturated rings. The van der Waals surface area contributed by atoms with Gasteiger partial charge in [-0.05, 0) is 24.6 Å². The normalized spacial score (nSPS) is 10.9. The van der Waals surface area contributed by atoms with Gasteiger partial charge in [0.05, 0.1) is 11.0 Å². The van der Waals surface area contributed by atoms with E-state index in [1.54, 1.807) is 6.07 Å². The number of nitrogens with zero attached hydrogens (tertiary/aromatic N) is 2. The average Bonchev–Trinajstić information content (AvgIpc) is 2.55. The number of nitrogens with two attached hydrogens (primary N) is 2. The van der Waals surface area contributed by atoms with Crippen LogP contribution < -0.4 is 11.5 Å². The van der Waals surface area contributed by atoms with Gasteiger partial charge in [0.1, 0.15) is 0 Å². The number of halogens is 1. The summed E-state index contributed by atoms with van der Waals surface area (Å²) in [4.78, 5) is 14.9. The number of primary amides is 1. The first-order valence-corrected chi connectivity index (χ1v) is 5.65. The van der Waals surface area contributed by atoms with Crippen LogP contribution >= 0.6 is 11.6 Å². The minimum atomic E-state index is -0.314. The molecule has 2 aromatic rings. The minimum Gasteiger partial charge on any atom is -0.370 e. The Bertz CT molecular complexity index is 564. The van der Waals surface area contributed by atoms with Gasteiger partial charge < -0.3 is 16.0 Å². The third-order valence-electron chi connectivity index (χ3n) is 2.54. The Balaban J connectivity index is 2.28. The van der Waals surface area contributed by atoms with Crippen molar-refractivity contribution in [2.24, 2.45) is 5.73 Å². The molecule has 0 bridgehead atoms. The van der Waals surface area contributed by atoms with Crippen LogP contribution in [0, 0.1) is 0 Å². The van der Waals surface area contributed by atoms with Gasteiger partial charge in [-0.3, -0.25) is 4.79 Å². The SMILES string of the molecule is NC(=O)CCCn1c(N)nc2ccc(Cl)cc21. The van der Waals surface area contributed by atoms with Crippen LogP contribution in [-0.4, -0.2) is 15.5 Å². The molecule has 1 amide bonds. The number of aromatic nitrogens is 2. The quantitative estimate of drug-likeness (QED) is 0.865. The number of carbonyl (C=O) groups is 1. The molecule has 0 saturated heterocycles. The van der Waals surface area contributed by atoms with E-state index < -0.39 is 0 Å². The standard InChI is InChI=1S/C11H13ClN4O/c12-7-3-4-8-9(6-7)16(11(14)15-8)5-1-2-10(13)17/h3-4,6H,1-2,5H2,(H2,13,17)(H2,14,15). The maximum absolute atomic E-state index is 10.7. The topological polar surface area (TPSA) is 86.9 Å². The molecule has 90 valence electrons. The predicted octanol–water partition coefficient (Wildman–Crippen LogP) is 1.54. The summed E-state index contributed by atoms with van der Waals surface area (Å²) < 4.78 is 1.84. The number of aryl methyl sites for hydroxylation is 1. The molecule has 1 aromatic carbocycles. The third-order valence-corrected chi connectivity index (χ3v) is 2.78. The zero-order chi connectivity index (χ0) is 12.4. The van der Waals surface area contributed by atoms with Gasteiger partial charge in [0, 0.05) is 18.0 Å². The van der Waals surface area contributed by atoms with Gasteiger partial charge in [0.2, 0.25) is 11.9 Å². The Labute approximate surface area is 103 Å². The fourth-order valence-corrected chi connectivity index (χ4v) is 1.93. The van der Waals surface area contributed by atoms with Gasteiger partial charge in [0.15, 0.2) is 0 Å². The molecule has 17 heavy (non-hydrogen) atoms. The van der Waals surface area contributed by atoms with Crippen LogP contribution in [-0.2, 0) is 11.3 Å². The fourth-order valence-electron chi connectivity index (χ4n) is 1.76. The smallest absolute Gasteiger partial charge is 0.217 e. The lowest BCUT2D eigenvalue weighted by atomic mass is 10.3. The van der Waals surface area contributed by atoms with Gasteiger partial charge in [-0.15, -0.1) is 0 Å². The second-order valence-corrected chi connectivity index (χ2v) is 4.26. The van der Waals surface area contributed by atoms with Gasteiger partial charge in [0.25, 0.3) is 0 Å². The largest absolute Gasteiger partial charge is 0.370 e. The average molecular weight is 253 g/mol. The van der Waals surface area contributed by atoms with Gasteiger partial charge in [-0.1, -0.05) is 11.6 Å². The fraction of sp³-hybridized carbons (Fsp3) is 0.273. The van der Waals surface area contributed by atoms with E-state index in [0.29, 0.717) is 30.4 Å². The van der Waals surface area contributed by atoms with Crippen molar-refractivity contribution < 1.29 is 4.79 Å². The monoisotopic (exact) mass is 252 g/mol. The molecule has 6 heteroatoms. The first-order valence-electron chi connectivity index (χ1n) is 5.27. The van der Waals surface area contributed by atoms with E-state index >= 15 is 0 Å². The maximum Gasteiger partial charge on any atom is 0.217 e. The zero-order valence-electron chi connectivity index (χ0n) is 9.19. The Hall–Kier alpha value is -1.75. The van der Waals surface area contributed by atoms with Crippen molar-refractivity contribution in [1.29, 1.82) is 0 Å². The second-order valence-electron chi connectivity index (χ2n) is 3.82. The highest BCUT2D eigenvalue weighted by atomic mass is 35.5. The summed E-state index contributed by atoms with van der Waals surface area (Å²) >= 11 is 5.93. The highest BCUT2D eigenvalue weighted by Crippen LogP contribution is 2.22. The van der Waals surface area contributed by atoms with Crippen molar-refractivity contribution in [2.45, 2.75) is 19.4 Å². The number of imidazole rings is 1. The van der Waals surface area contributed by atoms with Crippen molar-refractivity contribution in [1.82, 2.24) is 9.55 Å². The van der Waals surface area contributed by atoms with Crippen molar-refractivity contribution in [2.75, 3.05) is 5.73 Å². The molecular formula is C11H13ClN4O. The Morgan fingerprint density at radius 1 is 1.47 bits per heavy atom. The number of carbonyl (C=O) groups excluding carboxylic acids is 1. The number of fused-ring (bicyclic) bond motifs is 1. The minimum absolute atomic E-state index is 0.314. The lowest BCUT2D eigenvalue weighted by Gasteiger charge is -2.05. The molecule has 2 rings (SSSR count). The molecule has 0 aliphatic heterocycles. The van der Waals surface area contributed by atoms with E-state index in [4.69, 9.17) is 23.1 Å². The van der Waals surface area contributed by atoms with Crippen LogP contribution in [0.25, 0.3) is 11.0 Å². The molecule has 0 atom stereocenters. The van der Waals surface area contributed by atoms with Crippen molar-refractivity contribution in [3.8, 4) is 0 Å². The molecule has 5 nitrogen and oxygen atoms in total. The van der Waals surface area contributed by atoms with E-state index in [1.807, 2.05) is 16.7 Å². The van der Waals surface area contributed by atoms with E-state index in [-0.39, 0.29) is 5.91 Å². The molecule has 0 aliphatic rings. The second kappa shape index (κ2) is 4.63. The number of nitrogen functional groups attached to an aromatic ring is 1. The molecule has 1 heterocycles. The number of benzene rings is 1. The summed E-state index contributed by atoms with van der Waals surface area (Å²) in [5, 5.41) is 0.633. The van der Waals surface area contributed by atoms with E-state index in [9.17, 15) is 4.79 Å². The van der Waals surface area contributed by atoms with Crippen LogP contribution in [0.1, 0.15) is 12.8 Å². The number of amides is 1. The molecule has 0 saturated carbocycles. The summed E-state index contributed by atoms with van der Waals surface area (Å²) in [5.41, 5.74) is 12.6. The van der Waals surface area contributed by atoms with Crippen molar-refractivity contribution in [3.05, 3.63) is 23.2 Å². The van der Waals surface area contributed by atoms with Gasteiger partial charge in [-0.25, -0.2) is 4.98 Å². The molecule has 1 aromatic heterocycles. The summed E-state index contributed by atoms with van der Waals surface area (Å²) in [6.07, 6.45) is 0.969. The zero-order valence-corrected chi connectivity index (χ0v) is 9.94. The summed E-state index contributed by atoms with van der Waals surface area (Å²) in [5.74, 6) is 0.109. The molecule has 0 aliphatic carbocycles. The molecule has 0 spiro atoms. The van der Waals surface area contributed by atoms with Crippen LogP contribution in [0.5, 0.6) is 0 Å². The van der Waals surface area contributed by atoms with E-state index in [1.165, 1.54) is 0 Å². The van der Waals surface area contributed by atoms with Crippen molar-refractivity contribution >= 4 is 34.5 Å². The van der Waals surface area contributed by atoms with Crippen LogP contribution in [0.3, 0.4) is 0 Å². The van der Waals surface area contributed by atoms with Crippen LogP contribution in [0.15, 0.2) is 18.2 Å². The Morgan fingerprint density at radius 2 is 2.24 bits per heavy atom. The molecule has 4 N–H and O–H groups in total. The lowest BCUT2D eigenvalue weighted by molar-refractivity contribution is -0.118. The molecule has 0 unspecified atom stereocenters. The molecule has 0 radical (unpaired) electrons.